The van der Waals surface area contributed by atoms with Gasteiger partial charge in [0.15, 0.2) is 0 Å². The zero-order chi connectivity index (χ0) is 21.4. The van der Waals surface area contributed by atoms with Crippen LogP contribution in [0.4, 0.5) is 0 Å². The van der Waals surface area contributed by atoms with Gasteiger partial charge in [0, 0.05) is 39.1 Å². The average Bonchev–Trinajstić information content (AvgIpc) is 3.37. The molecule has 154 valence electrons. The van der Waals surface area contributed by atoms with Crippen LogP contribution in [0.1, 0.15) is 27.7 Å². The van der Waals surface area contributed by atoms with Crippen molar-refractivity contribution in [2.75, 3.05) is 0 Å². The van der Waals surface area contributed by atoms with E-state index >= 15 is 0 Å². The molecule has 0 aliphatic carbocycles. The van der Waals surface area contributed by atoms with Crippen LogP contribution in [-0.4, -0.2) is 27.9 Å². The molecule has 3 heterocycles. The zero-order valence-corrected chi connectivity index (χ0v) is 18.3. The molecular formula is C26H25BN2O2. The van der Waals surface area contributed by atoms with E-state index in [1.54, 1.807) is 0 Å². The SMILES string of the molecule is CC1(C)OB(c2ccc3[nH]c4cc5c(ccn5-c5ccccc5)cc4c3c2)OC1(C)C. The van der Waals surface area contributed by atoms with E-state index in [-0.39, 0.29) is 18.3 Å². The van der Waals surface area contributed by atoms with Crippen molar-refractivity contribution in [3.05, 3.63) is 72.9 Å². The van der Waals surface area contributed by atoms with Gasteiger partial charge in [-0.1, -0.05) is 30.3 Å². The van der Waals surface area contributed by atoms with Crippen molar-refractivity contribution in [3.63, 3.8) is 0 Å². The molecule has 0 amide bonds. The van der Waals surface area contributed by atoms with Crippen LogP contribution in [0.15, 0.2) is 72.9 Å². The fourth-order valence-corrected chi connectivity index (χ4v) is 4.49. The lowest BCUT2D eigenvalue weighted by atomic mass is 9.78. The Morgan fingerprint density at radius 1 is 0.774 bits per heavy atom. The van der Waals surface area contributed by atoms with Crippen LogP contribution in [0.5, 0.6) is 0 Å². The van der Waals surface area contributed by atoms with E-state index < -0.39 is 0 Å². The summed E-state index contributed by atoms with van der Waals surface area (Å²) in [6.45, 7) is 8.35. The molecule has 31 heavy (non-hydrogen) atoms. The van der Waals surface area contributed by atoms with Crippen LogP contribution in [-0.2, 0) is 9.31 Å². The second kappa shape index (κ2) is 6.25. The Labute approximate surface area is 181 Å². The molecule has 5 heteroatoms. The highest BCUT2D eigenvalue weighted by Crippen LogP contribution is 2.37. The smallest absolute Gasteiger partial charge is 0.399 e. The standard InChI is InChI=1S/C26H25BN2O2/c1-25(2)26(3,4)31-27(30-25)18-10-11-22-21(15-18)20-14-17-12-13-29(19-8-6-5-7-9-19)24(17)16-23(20)28-22/h5-16,28H,1-4H3. The molecule has 1 aliphatic rings. The van der Waals surface area contributed by atoms with Crippen molar-refractivity contribution < 1.29 is 9.31 Å². The van der Waals surface area contributed by atoms with Crippen molar-refractivity contribution in [1.29, 1.82) is 0 Å². The maximum absolute atomic E-state index is 6.27. The largest absolute Gasteiger partial charge is 0.494 e. The van der Waals surface area contributed by atoms with Crippen molar-refractivity contribution >= 4 is 45.3 Å². The molecule has 5 aromatic rings. The summed E-state index contributed by atoms with van der Waals surface area (Å²) in [5.74, 6) is 0. The van der Waals surface area contributed by atoms with Gasteiger partial charge in [0.2, 0.25) is 0 Å². The molecule has 1 N–H and O–H groups in total. The third kappa shape index (κ3) is 2.77. The number of fused-ring (bicyclic) bond motifs is 4. The number of aromatic nitrogens is 2. The summed E-state index contributed by atoms with van der Waals surface area (Å²) in [5.41, 5.74) is 4.96. The van der Waals surface area contributed by atoms with Gasteiger partial charge in [0.05, 0.1) is 16.7 Å². The monoisotopic (exact) mass is 408 g/mol. The lowest BCUT2D eigenvalue weighted by Crippen LogP contribution is -2.41. The second-order valence-corrected chi connectivity index (χ2v) is 9.50. The summed E-state index contributed by atoms with van der Waals surface area (Å²) in [6.07, 6.45) is 2.14. The molecule has 1 aliphatic heterocycles. The summed E-state index contributed by atoms with van der Waals surface area (Å²) in [5, 5.41) is 3.63. The number of aromatic amines is 1. The van der Waals surface area contributed by atoms with Crippen LogP contribution in [0.25, 0.3) is 38.4 Å². The van der Waals surface area contributed by atoms with Crippen molar-refractivity contribution in [3.8, 4) is 5.69 Å². The van der Waals surface area contributed by atoms with Gasteiger partial charge in [-0.3, -0.25) is 0 Å². The maximum Gasteiger partial charge on any atom is 0.494 e. The molecule has 0 spiro atoms. The number of H-pyrrole nitrogens is 1. The Balaban J connectivity index is 1.49. The molecule has 0 radical (unpaired) electrons. The number of nitrogens with zero attached hydrogens (tertiary/aromatic N) is 1. The van der Waals surface area contributed by atoms with E-state index in [0.717, 1.165) is 22.2 Å². The highest BCUT2D eigenvalue weighted by Gasteiger charge is 2.51. The topological polar surface area (TPSA) is 39.2 Å². The van der Waals surface area contributed by atoms with Crippen LogP contribution in [0, 0.1) is 0 Å². The summed E-state index contributed by atoms with van der Waals surface area (Å²) in [7, 11) is -0.359. The van der Waals surface area contributed by atoms with Crippen LogP contribution in [0.2, 0.25) is 0 Å². The molecule has 0 atom stereocenters. The molecule has 1 fully saturated rings. The summed E-state index contributed by atoms with van der Waals surface area (Å²) in [6, 6.07) is 23.6. The lowest BCUT2D eigenvalue weighted by molar-refractivity contribution is 0.00578. The van der Waals surface area contributed by atoms with Gasteiger partial charge in [0.1, 0.15) is 0 Å². The number of hydrogen-bond donors (Lipinski definition) is 1. The third-order valence-electron chi connectivity index (χ3n) is 6.99. The van der Waals surface area contributed by atoms with Crippen LogP contribution < -0.4 is 5.46 Å². The maximum atomic E-state index is 6.27. The van der Waals surface area contributed by atoms with Crippen molar-refractivity contribution in [2.24, 2.45) is 0 Å². The highest BCUT2D eigenvalue weighted by molar-refractivity contribution is 6.62. The first-order valence-electron chi connectivity index (χ1n) is 10.8. The fraction of sp³-hybridized carbons (Fsp3) is 0.231. The van der Waals surface area contributed by atoms with Crippen molar-refractivity contribution in [1.82, 2.24) is 9.55 Å². The molecule has 2 aromatic heterocycles. The summed E-state index contributed by atoms with van der Waals surface area (Å²) < 4.78 is 14.8. The Bertz CT molecular complexity index is 1430. The summed E-state index contributed by atoms with van der Waals surface area (Å²) in [4.78, 5) is 3.59. The molecule has 6 rings (SSSR count). The lowest BCUT2D eigenvalue weighted by Gasteiger charge is -2.32. The minimum atomic E-state index is -0.359. The van der Waals surface area contributed by atoms with Gasteiger partial charge < -0.3 is 18.9 Å². The van der Waals surface area contributed by atoms with Gasteiger partial charge in [-0.25, -0.2) is 0 Å². The van der Waals surface area contributed by atoms with E-state index in [1.807, 2.05) is 6.07 Å². The molecule has 0 unspecified atom stereocenters. The van der Waals surface area contributed by atoms with Gasteiger partial charge in [-0.05, 0) is 69.6 Å². The highest BCUT2D eigenvalue weighted by atomic mass is 16.7. The zero-order valence-electron chi connectivity index (χ0n) is 18.3. The molecule has 4 nitrogen and oxygen atoms in total. The molecular weight excluding hydrogens is 383 g/mol. The Kier molecular flexibility index (Phi) is 3.78. The predicted molar refractivity (Wildman–Crippen MR) is 128 cm³/mol. The summed E-state index contributed by atoms with van der Waals surface area (Å²) >= 11 is 0. The Hall–Kier alpha value is -3.02. The number of para-hydroxylation sites is 1. The first-order chi connectivity index (χ1) is 14.8. The van der Waals surface area contributed by atoms with E-state index in [1.165, 1.54) is 21.7 Å². The van der Waals surface area contributed by atoms with E-state index in [0.29, 0.717) is 0 Å². The number of hydrogen-bond acceptors (Lipinski definition) is 2. The number of benzene rings is 3. The van der Waals surface area contributed by atoms with Gasteiger partial charge in [0.25, 0.3) is 0 Å². The predicted octanol–water partition coefficient (Wildman–Crippen LogP) is 5.56. The van der Waals surface area contributed by atoms with E-state index in [4.69, 9.17) is 9.31 Å². The Morgan fingerprint density at radius 2 is 1.48 bits per heavy atom. The van der Waals surface area contributed by atoms with E-state index in [2.05, 4.69) is 104 Å². The van der Waals surface area contributed by atoms with Crippen LogP contribution >= 0.6 is 0 Å². The molecule has 0 saturated carbocycles. The first kappa shape index (κ1) is 18.7. The normalized spacial score (nSPS) is 17.9. The first-order valence-corrected chi connectivity index (χ1v) is 10.8. The quantitative estimate of drug-likeness (QED) is 0.388. The van der Waals surface area contributed by atoms with Gasteiger partial charge >= 0.3 is 7.12 Å². The molecule has 1 saturated heterocycles. The van der Waals surface area contributed by atoms with Gasteiger partial charge in [-0.15, -0.1) is 0 Å². The third-order valence-corrected chi connectivity index (χ3v) is 6.99. The molecule has 3 aromatic carbocycles. The fourth-order valence-electron chi connectivity index (χ4n) is 4.49. The Morgan fingerprint density at radius 3 is 2.23 bits per heavy atom. The number of nitrogens with one attached hydrogen (secondary N) is 1. The van der Waals surface area contributed by atoms with E-state index in [9.17, 15) is 0 Å². The number of rotatable bonds is 2. The average molecular weight is 408 g/mol. The van der Waals surface area contributed by atoms with Crippen molar-refractivity contribution in [2.45, 2.75) is 38.9 Å². The second-order valence-electron chi connectivity index (χ2n) is 9.50. The minimum Gasteiger partial charge on any atom is -0.399 e. The van der Waals surface area contributed by atoms with Gasteiger partial charge in [-0.2, -0.15) is 0 Å². The van der Waals surface area contributed by atoms with Crippen LogP contribution in [0.3, 0.4) is 0 Å². The minimum absolute atomic E-state index is 0.348. The molecule has 0 bridgehead atoms.